The Kier molecular flexibility index (Phi) is 12.1. The first kappa shape index (κ1) is 42.5. The second-order valence-corrected chi connectivity index (χ2v) is 19.8. The van der Waals surface area contributed by atoms with Gasteiger partial charge in [0.2, 0.25) is 27.7 Å². The number of rotatable bonds is 8. The fourth-order valence-electron chi connectivity index (χ4n) is 8.45. The molecule has 59 heavy (non-hydrogen) atoms. The average Bonchev–Trinajstić information content (AvgIpc) is 4.11. The fraction of sp³-hybridized carbons (Fsp3) is 0.643. The van der Waals surface area contributed by atoms with Crippen molar-refractivity contribution in [2.24, 2.45) is 17.8 Å². The van der Waals surface area contributed by atoms with Gasteiger partial charge in [0, 0.05) is 35.1 Å². The van der Waals surface area contributed by atoms with E-state index in [1.165, 1.54) is 4.90 Å². The number of alkyl carbamates (subject to hydrolysis) is 1. The van der Waals surface area contributed by atoms with Gasteiger partial charge in [-0.15, -0.1) is 0 Å². The third kappa shape index (κ3) is 9.72. The minimum atomic E-state index is -3.92. The monoisotopic (exact) mass is 844 g/mol. The number of nitrogens with zero attached hydrogens (tertiary/aromatic N) is 3. The molecule has 1 aromatic heterocycles. The van der Waals surface area contributed by atoms with Crippen LogP contribution in [0.1, 0.15) is 83.8 Å². The number of amides is 4. The predicted molar refractivity (Wildman–Crippen MR) is 226 cm³/mol. The Morgan fingerprint density at radius 2 is 1.81 bits per heavy atom. The lowest BCUT2D eigenvalue weighted by Gasteiger charge is -2.33. The number of sulfonamides is 1. The first-order valence-corrected chi connectivity index (χ1v) is 22.3. The molecular weight excluding hydrogens is 781 g/mol. The van der Waals surface area contributed by atoms with Crippen molar-refractivity contribution < 1.29 is 50.8 Å². The Balaban J connectivity index is 0.00000282. The summed E-state index contributed by atoms with van der Waals surface area (Å²) in [6.07, 6.45) is 5.53. The number of allylic oxidation sites excluding steroid dienone is 1. The summed E-state index contributed by atoms with van der Waals surface area (Å²) in [6.45, 7) is 11.5. The first-order chi connectivity index (χ1) is 28.0. The number of pyridine rings is 1. The molecule has 0 unspecified atom stereocenters. The summed E-state index contributed by atoms with van der Waals surface area (Å²) < 4.78 is 51.6. The third-order valence-electron chi connectivity index (χ3n) is 11.9. The molecule has 4 fully saturated rings. The number of ether oxygens (including phenoxy) is 4. The highest BCUT2D eigenvalue weighted by molar-refractivity contribution is 7.91. The maximum Gasteiger partial charge on any atom is 0.408 e. The third-order valence-corrected chi connectivity index (χ3v) is 13.7. The molecule has 0 radical (unpaired) electrons. The molecule has 16 nitrogen and oxygen atoms in total. The van der Waals surface area contributed by atoms with E-state index >= 15 is 0 Å². The Labute approximate surface area is 350 Å². The summed E-state index contributed by atoms with van der Waals surface area (Å²) >= 11 is 0. The zero-order valence-electron chi connectivity index (χ0n) is 34.8. The van der Waals surface area contributed by atoms with Gasteiger partial charge in [0.25, 0.3) is 5.91 Å². The van der Waals surface area contributed by atoms with E-state index in [2.05, 4.69) is 27.2 Å². The molecule has 17 heteroatoms. The topological polar surface area (TPSA) is 195 Å². The van der Waals surface area contributed by atoms with Gasteiger partial charge in [-0.1, -0.05) is 26.0 Å². The molecule has 0 spiro atoms. The number of methoxy groups -OCH3 is 1. The lowest BCUT2D eigenvalue weighted by Crippen LogP contribution is -2.59. The lowest BCUT2D eigenvalue weighted by molar-refractivity contribution is -0.142. The van der Waals surface area contributed by atoms with Crippen LogP contribution in [-0.4, -0.2) is 117 Å². The SMILES string of the molecule is COc1ccc2c(O[C@@H]3C[C@H]4C(=O)N[C@]5(C(=O)NS(=O)(=O)C6CC6)C[C@H]5/C=C\CC[C@@H](C)C[C@@H](C)[C@H](NC(=O)OC(C)(C)C)C(=O)N4C3)nc(N3CCOCC3)cc2c1.[HH].[HH].[HH]. The minimum absolute atomic E-state index is 0. The molecule has 0 bridgehead atoms. The standard InChI is InChI=1S/C42H58N6O10S.3H2/c1-25-9-7-8-10-28-23-42(28,39(51)46-59(53,54)31-12-13-31)45-36(49)33-22-30(24-48(33)38(50)35(26(2)19-25)44-40(52)58-41(3,4)5)57-37-32-14-11-29(55-6)20-27(32)21-34(43-37)47-15-17-56-18-16-47;;;/h8,10-11,14,20-21,25-26,28,30-31,33,35H,7,9,12-13,15-19,22-24H2,1-6H3,(H,44,52)(H,45,49)(H,46,51);3*1H/b10-8-;;;/t25-,26-,28-,30-,33+,35+,42-;;;/m1.../s1. The van der Waals surface area contributed by atoms with Gasteiger partial charge in [-0.25, -0.2) is 13.2 Å². The maximum atomic E-state index is 14.9. The van der Waals surface area contributed by atoms with Gasteiger partial charge in [0.05, 0.1) is 32.1 Å². The molecule has 2 aromatic rings. The number of aromatic nitrogens is 1. The van der Waals surface area contributed by atoms with Crippen LogP contribution in [0.2, 0.25) is 0 Å². The van der Waals surface area contributed by atoms with Crippen molar-refractivity contribution in [3.63, 3.8) is 0 Å². The van der Waals surface area contributed by atoms with Crippen LogP contribution in [0.3, 0.4) is 0 Å². The summed E-state index contributed by atoms with van der Waals surface area (Å²) in [7, 11) is -2.32. The number of morpholine rings is 1. The van der Waals surface area contributed by atoms with Crippen LogP contribution >= 0.6 is 0 Å². The zero-order valence-corrected chi connectivity index (χ0v) is 35.6. The summed E-state index contributed by atoms with van der Waals surface area (Å²) in [5, 5.41) is 6.64. The number of carbonyl (C=O) groups is 4. The lowest BCUT2D eigenvalue weighted by atomic mass is 9.88. The summed E-state index contributed by atoms with van der Waals surface area (Å²) in [5.41, 5.74) is -2.36. The zero-order chi connectivity index (χ0) is 42.3. The number of benzene rings is 1. The molecular formula is C42H64N6O10S. The first-order valence-electron chi connectivity index (χ1n) is 20.8. The van der Waals surface area contributed by atoms with Crippen molar-refractivity contribution in [2.45, 2.75) is 114 Å². The molecule has 7 atom stereocenters. The molecule has 4 heterocycles. The van der Waals surface area contributed by atoms with Gasteiger partial charge in [0.15, 0.2) is 0 Å². The molecule has 2 saturated heterocycles. The molecule has 2 aliphatic carbocycles. The van der Waals surface area contributed by atoms with E-state index in [0.29, 0.717) is 74.8 Å². The van der Waals surface area contributed by atoms with E-state index in [1.807, 2.05) is 43.3 Å². The Morgan fingerprint density at radius 3 is 2.51 bits per heavy atom. The number of nitrogens with one attached hydrogen (secondary N) is 3. The highest BCUT2D eigenvalue weighted by Gasteiger charge is 2.62. The highest BCUT2D eigenvalue weighted by Crippen LogP contribution is 2.46. The van der Waals surface area contributed by atoms with Crippen LogP contribution < -0.4 is 29.7 Å². The maximum absolute atomic E-state index is 14.9. The van der Waals surface area contributed by atoms with Gasteiger partial charge in [-0.2, -0.15) is 4.98 Å². The molecule has 1 aromatic carbocycles. The van der Waals surface area contributed by atoms with E-state index < -0.39 is 74.3 Å². The van der Waals surface area contributed by atoms with Gasteiger partial charge in [0.1, 0.15) is 40.9 Å². The van der Waals surface area contributed by atoms with Gasteiger partial charge in [-0.05, 0) is 101 Å². The van der Waals surface area contributed by atoms with Crippen LogP contribution in [0.25, 0.3) is 10.8 Å². The van der Waals surface area contributed by atoms with Gasteiger partial charge >= 0.3 is 6.09 Å². The molecule has 3 N–H and O–H groups in total. The Hall–Kier alpha value is -4.64. The van der Waals surface area contributed by atoms with Crippen molar-refractivity contribution >= 4 is 50.4 Å². The second kappa shape index (κ2) is 16.8. The number of fused-ring (bicyclic) bond motifs is 3. The van der Waals surface area contributed by atoms with Gasteiger partial charge in [-0.3, -0.25) is 19.1 Å². The van der Waals surface area contributed by atoms with E-state index in [9.17, 15) is 27.6 Å². The van der Waals surface area contributed by atoms with Crippen LogP contribution in [-0.2, 0) is 33.9 Å². The van der Waals surface area contributed by atoms with Crippen LogP contribution in [0.5, 0.6) is 11.6 Å². The highest BCUT2D eigenvalue weighted by atomic mass is 32.2. The van der Waals surface area contributed by atoms with E-state index in [4.69, 9.17) is 23.9 Å². The number of anilines is 1. The summed E-state index contributed by atoms with van der Waals surface area (Å²) in [4.78, 5) is 65.3. The van der Waals surface area contributed by atoms with Crippen molar-refractivity contribution in [1.29, 1.82) is 0 Å². The van der Waals surface area contributed by atoms with Crippen molar-refractivity contribution in [1.82, 2.24) is 25.2 Å². The van der Waals surface area contributed by atoms with Gasteiger partial charge < -0.3 is 39.4 Å². The van der Waals surface area contributed by atoms with Crippen molar-refractivity contribution in [3.8, 4) is 11.6 Å². The second-order valence-electron chi connectivity index (χ2n) is 17.8. The van der Waals surface area contributed by atoms with E-state index in [1.54, 1.807) is 27.9 Å². The van der Waals surface area contributed by atoms with Crippen molar-refractivity contribution in [3.05, 3.63) is 36.4 Å². The molecule has 328 valence electrons. The van der Waals surface area contributed by atoms with E-state index in [-0.39, 0.29) is 35.5 Å². The summed E-state index contributed by atoms with van der Waals surface area (Å²) in [6, 6.07) is 5.32. The Bertz CT molecular complexity index is 2100. The molecule has 7 rings (SSSR count). The Morgan fingerprint density at radius 1 is 1.07 bits per heavy atom. The summed E-state index contributed by atoms with van der Waals surface area (Å²) in [5.74, 6) is -0.936. The average molecular weight is 845 g/mol. The van der Waals surface area contributed by atoms with Crippen LogP contribution in [0.15, 0.2) is 36.4 Å². The molecule has 5 aliphatic rings. The predicted octanol–water partition coefficient (Wildman–Crippen LogP) is 4.56. The normalized spacial score (nSPS) is 29.9. The van der Waals surface area contributed by atoms with E-state index in [0.717, 1.165) is 11.8 Å². The van der Waals surface area contributed by atoms with Crippen molar-refractivity contribution in [2.75, 3.05) is 44.9 Å². The number of hydrogen-bond acceptors (Lipinski definition) is 12. The largest absolute Gasteiger partial charge is 0.497 e. The molecule has 4 amide bonds. The van der Waals surface area contributed by atoms with Crippen LogP contribution in [0, 0.1) is 17.8 Å². The number of carbonyl (C=O) groups excluding carboxylic acids is 4. The molecule has 3 aliphatic heterocycles. The smallest absolute Gasteiger partial charge is 0.408 e. The minimum Gasteiger partial charge on any atom is -0.497 e. The quantitative estimate of drug-likeness (QED) is 0.314. The van der Waals surface area contributed by atoms with Crippen LogP contribution in [0.4, 0.5) is 10.6 Å². The number of hydrogen-bond donors (Lipinski definition) is 3. The molecule has 2 saturated carbocycles. The fourth-order valence-corrected chi connectivity index (χ4v) is 9.82.